The molecule has 0 aliphatic carbocycles. The fourth-order valence-corrected chi connectivity index (χ4v) is 4.74. The summed E-state index contributed by atoms with van der Waals surface area (Å²) in [6, 6.07) is 0. The predicted molar refractivity (Wildman–Crippen MR) is 161 cm³/mol. The lowest BCUT2D eigenvalue weighted by Gasteiger charge is -2.19. The molecule has 0 rings (SSSR count). The number of halogens is 1. The van der Waals surface area contributed by atoms with Gasteiger partial charge in [0, 0.05) is 13.2 Å². The number of rotatable bonds is 29. The maximum absolute atomic E-state index is 6.19. The van der Waals surface area contributed by atoms with Crippen LogP contribution in [0.4, 0.5) is 0 Å². The van der Waals surface area contributed by atoms with Gasteiger partial charge in [-0.1, -0.05) is 145 Å². The first-order valence-electron chi connectivity index (χ1n) is 15.3. The van der Waals surface area contributed by atoms with Crippen LogP contribution < -0.4 is 0 Å². The largest absolute Gasteiger partial charge is 0.353 e. The highest BCUT2D eigenvalue weighted by molar-refractivity contribution is 14.1. The molecule has 0 saturated heterocycles. The molecule has 0 unspecified atom stereocenters. The van der Waals surface area contributed by atoms with Gasteiger partial charge in [-0.15, -0.1) is 0 Å². The van der Waals surface area contributed by atoms with Crippen molar-refractivity contribution in [2.45, 2.75) is 168 Å². The minimum Gasteiger partial charge on any atom is -0.353 e. The number of ether oxygens (including phenoxy) is 2. The van der Waals surface area contributed by atoms with Crippen LogP contribution in [0.1, 0.15) is 162 Å². The average Bonchev–Trinajstić information content (AvgIpc) is 2.85. The van der Waals surface area contributed by atoms with Crippen LogP contribution in [0.5, 0.6) is 0 Å². The van der Waals surface area contributed by atoms with Crippen LogP contribution in [0.15, 0.2) is 12.2 Å². The first kappa shape index (κ1) is 34.4. The molecule has 3 heteroatoms. The zero-order chi connectivity index (χ0) is 24.8. The Morgan fingerprint density at radius 1 is 0.500 bits per heavy atom. The van der Waals surface area contributed by atoms with Crippen molar-refractivity contribution in [3.05, 3.63) is 12.2 Å². The van der Waals surface area contributed by atoms with E-state index in [0.29, 0.717) is 0 Å². The lowest BCUT2D eigenvalue weighted by molar-refractivity contribution is -0.148. The molecule has 204 valence electrons. The molecule has 0 aromatic heterocycles. The summed E-state index contributed by atoms with van der Waals surface area (Å²) in [6.07, 6.45) is 35.0. The van der Waals surface area contributed by atoms with E-state index in [4.69, 9.17) is 9.47 Å². The van der Waals surface area contributed by atoms with E-state index in [2.05, 4.69) is 48.6 Å². The molecule has 34 heavy (non-hydrogen) atoms. The molecular formula is C31H61IO2. The van der Waals surface area contributed by atoms with Crippen molar-refractivity contribution < 1.29 is 9.47 Å². The molecule has 0 N–H and O–H groups in total. The van der Waals surface area contributed by atoms with Crippen molar-refractivity contribution >= 4 is 22.6 Å². The maximum Gasteiger partial charge on any atom is 0.157 e. The number of allylic oxidation sites excluding steroid dienone is 2. The fraction of sp³-hybridized carbons (Fsp3) is 0.935. The van der Waals surface area contributed by atoms with Crippen LogP contribution in [0.3, 0.4) is 0 Å². The van der Waals surface area contributed by atoms with Crippen LogP contribution in [-0.2, 0) is 9.47 Å². The predicted octanol–water partition coefficient (Wildman–Crippen LogP) is 11.3. The lowest BCUT2D eigenvalue weighted by atomic mass is 10.1. The zero-order valence-electron chi connectivity index (χ0n) is 23.3. The molecule has 0 spiro atoms. The zero-order valence-corrected chi connectivity index (χ0v) is 25.5. The van der Waals surface area contributed by atoms with Gasteiger partial charge in [-0.25, -0.2) is 0 Å². The molecule has 0 amide bonds. The van der Waals surface area contributed by atoms with Crippen molar-refractivity contribution in [3.63, 3.8) is 0 Å². The molecule has 0 atom stereocenters. The minimum atomic E-state index is 0.0216. The summed E-state index contributed by atoms with van der Waals surface area (Å²) in [4.78, 5) is 0. The number of alkyl halides is 1. The number of hydrogen-bond donors (Lipinski definition) is 0. The number of hydrogen-bond acceptors (Lipinski definition) is 2. The molecule has 0 aliphatic heterocycles. The first-order chi connectivity index (χ1) is 16.8. The summed E-state index contributed by atoms with van der Waals surface area (Å²) in [5.74, 6) is 0. The van der Waals surface area contributed by atoms with E-state index >= 15 is 0 Å². The van der Waals surface area contributed by atoms with Gasteiger partial charge >= 0.3 is 0 Å². The second-order valence-electron chi connectivity index (χ2n) is 10.1. The fourth-order valence-electron chi connectivity index (χ4n) is 4.30. The monoisotopic (exact) mass is 592 g/mol. The van der Waals surface area contributed by atoms with Crippen LogP contribution in [0.25, 0.3) is 0 Å². The normalized spacial score (nSPS) is 11.9. The van der Waals surface area contributed by atoms with Gasteiger partial charge in [0.2, 0.25) is 0 Å². The molecule has 0 bridgehead atoms. The Hall–Kier alpha value is 0.390. The van der Waals surface area contributed by atoms with E-state index in [1.54, 1.807) is 0 Å². The topological polar surface area (TPSA) is 18.5 Å². The van der Waals surface area contributed by atoms with Crippen LogP contribution in [0, 0.1) is 0 Å². The first-order valence-corrected chi connectivity index (χ1v) is 16.8. The van der Waals surface area contributed by atoms with Crippen molar-refractivity contribution in [1.29, 1.82) is 0 Å². The van der Waals surface area contributed by atoms with Gasteiger partial charge in [0.05, 0.1) is 0 Å². The Labute approximate surface area is 228 Å². The summed E-state index contributed by atoms with van der Waals surface area (Å²) < 4.78 is 13.7. The van der Waals surface area contributed by atoms with Crippen molar-refractivity contribution in [2.75, 3.05) is 17.6 Å². The molecule has 2 nitrogen and oxygen atoms in total. The molecule has 0 saturated carbocycles. The third-order valence-electron chi connectivity index (χ3n) is 6.58. The molecular weight excluding hydrogens is 531 g/mol. The summed E-state index contributed by atoms with van der Waals surface area (Å²) in [5.41, 5.74) is 0. The summed E-state index contributed by atoms with van der Waals surface area (Å²) >= 11 is 2.46. The van der Waals surface area contributed by atoms with Gasteiger partial charge in [0.15, 0.2) is 6.29 Å². The molecule has 0 aromatic carbocycles. The quantitative estimate of drug-likeness (QED) is 0.0283. The second-order valence-corrected chi connectivity index (χ2v) is 11.1. The third-order valence-corrected chi connectivity index (χ3v) is 7.35. The van der Waals surface area contributed by atoms with E-state index in [1.165, 1.54) is 146 Å². The minimum absolute atomic E-state index is 0.0216. The highest BCUT2D eigenvalue weighted by Gasteiger charge is 2.09. The Bertz CT molecular complexity index is 364. The van der Waals surface area contributed by atoms with Gasteiger partial charge in [-0.05, 0) is 55.8 Å². The highest BCUT2D eigenvalue weighted by Crippen LogP contribution is 2.14. The van der Waals surface area contributed by atoms with Gasteiger partial charge < -0.3 is 9.47 Å². The molecule has 0 aliphatic rings. The van der Waals surface area contributed by atoms with E-state index < -0.39 is 0 Å². The second kappa shape index (κ2) is 31.4. The summed E-state index contributed by atoms with van der Waals surface area (Å²) in [6.45, 7) is 6.32. The molecule has 0 aromatic rings. The number of unbranched alkanes of at least 4 members (excludes halogenated alkanes) is 18. The Balaban J connectivity index is 3.90. The summed E-state index contributed by atoms with van der Waals surface area (Å²) in [5, 5.41) is 0. The summed E-state index contributed by atoms with van der Waals surface area (Å²) in [7, 11) is 0. The molecule has 0 radical (unpaired) electrons. The smallest absolute Gasteiger partial charge is 0.157 e. The average molecular weight is 593 g/mol. The van der Waals surface area contributed by atoms with Crippen molar-refractivity contribution in [3.8, 4) is 0 Å². The van der Waals surface area contributed by atoms with Crippen molar-refractivity contribution in [1.82, 2.24) is 0 Å². The molecule has 0 heterocycles. The van der Waals surface area contributed by atoms with E-state index in [-0.39, 0.29) is 6.29 Å². The van der Waals surface area contributed by atoms with Crippen LogP contribution >= 0.6 is 22.6 Å². The highest BCUT2D eigenvalue weighted by atomic mass is 127. The van der Waals surface area contributed by atoms with Crippen LogP contribution in [-0.4, -0.2) is 23.9 Å². The Morgan fingerprint density at radius 2 is 0.912 bits per heavy atom. The maximum atomic E-state index is 6.19. The van der Waals surface area contributed by atoms with Crippen molar-refractivity contribution in [2.24, 2.45) is 0 Å². The molecule has 0 fully saturated rings. The van der Waals surface area contributed by atoms with Gasteiger partial charge in [0.1, 0.15) is 0 Å². The van der Waals surface area contributed by atoms with E-state index in [9.17, 15) is 0 Å². The van der Waals surface area contributed by atoms with Gasteiger partial charge in [-0.2, -0.15) is 0 Å². The van der Waals surface area contributed by atoms with Gasteiger partial charge in [-0.3, -0.25) is 0 Å². The van der Waals surface area contributed by atoms with Crippen LogP contribution in [0.2, 0.25) is 0 Å². The standard InChI is InChI=1S/C31H61IO2/c1-3-5-7-9-11-17-21-25-29-33-31(27-23-19-15-13-14-16-20-24-28-32)34-30-26-22-18-12-10-8-6-4-2/h14,16,31H,3-13,15,17-30H2,1-2H3/b16-14-. The Kier molecular flexibility index (Phi) is 31.8. The SMILES string of the molecule is CCCCCCCCCCOC(CCCCC/C=C\CCCI)OCCCCCCCCCC. The lowest BCUT2D eigenvalue weighted by Crippen LogP contribution is -2.19. The van der Waals surface area contributed by atoms with E-state index in [0.717, 1.165) is 19.6 Å². The Morgan fingerprint density at radius 3 is 1.38 bits per heavy atom. The third kappa shape index (κ3) is 28.6. The van der Waals surface area contributed by atoms with E-state index in [1.807, 2.05) is 0 Å². The van der Waals surface area contributed by atoms with Gasteiger partial charge in [0.25, 0.3) is 0 Å².